The molecule has 17 heteroatoms. The Morgan fingerprint density at radius 3 is 0.708 bits per heavy atom. The molecule has 0 saturated carbocycles. The van der Waals surface area contributed by atoms with Crippen LogP contribution >= 0.6 is 15.8 Å². The molecule has 331 valence electrons. The largest absolute Gasteiger partial charge is 2.00 e. The van der Waals surface area contributed by atoms with Crippen molar-refractivity contribution in [3.8, 4) is 11.8 Å². The maximum absolute atomic E-state index is 11.1. The maximum atomic E-state index is 11.1. The first-order chi connectivity index (χ1) is 30.9. The Labute approximate surface area is 389 Å². The van der Waals surface area contributed by atoms with Gasteiger partial charge in [0.25, 0.3) is 11.1 Å². The summed E-state index contributed by atoms with van der Waals surface area (Å²) in [4.78, 5) is 64.4. The molecule has 8 aromatic rings. The SMILES string of the molecule is Cn1c([O-])c(N=O)c(=O)n(C)c1=O.Cn1c([O-])c(N=O)c(=O)n(C)c1=O.[Rh+2].c1ccc([PH+](c2ccccc2)c2ccccc2)cc1.c1ccc([PH+](c2ccccc2)c2ccccc2)cc1. The van der Waals surface area contributed by atoms with Crippen LogP contribution in [0.2, 0.25) is 0 Å². The van der Waals surface area contributed by atoms with Gasteiger partial charge in [0.15, 0.2) is 11.4 Å². The number of hydrogen-bond donors (Lipinski definition) is 0. The Morgan fingerprint density at radius 2 is 0.538 bits per heavy atom. The monoisotopic (exact) mass is 997 g/mol. The van der Waals surface area contributed by atoms with Crippen molar-refractivity contribution in [1.29, 1.82) is 0 Å². The molecule has 0 saturated heterocycles. The molecule has 1 radical (unpaired) electrons. The van der Waals surface area contributed by atoms with Gasteiger partial charge in [-0.3, -0.25) is 18.7 Å². The summed E-state index contributed by atoms with van der Waals surface area (Å²) >= 11 is 0. The third-order valence-electron chi connectivity index (χ3n) is 9.73. The van der Waals surface area contributed by atoms with Gasteiger partial charge >= 0.3 is 30.9 Å². The molecule has 2 heterocycles. The first-order valence-electron chi connectivity index (χ1n) is 19.6. The van der Waals surface area contributed by atoms with Gasteiger partial charge in [-0.05, 0) is 83.2 Å². The van der Waals surface area contributed by atoms with Crippen molar-refractivity contribution in [3.05, 3.63) is 233 Å². The van der Waals surface area contributed by atoms with Gasteiger partial charge in [0.1, 0.15) is 31.8 Å². The first-order valence-corrected chi connectivity index (χ1v) is 22.6. The van der Waals surface area contributed by atoms with Crippen LogP contribution in [-0.2, 0) is 47.7 Å². The summed E-state index contributed by atoms with van der Waals surface area (Å²) in [6.07, 6.45) is 0. The third-order valence-corrected chi connectivity index (χ3v) is 15.2. The van der Waals surface area contributed by atoms with Crippen molar-refractivity contribution >= 4 is 59.0 Å². The van der Waals surface area contributed by atoms with Crippen molar-refractivity contribution < 1.29 is 29.7 Å². The predicted octanol–water partition coefficient (Wildman–Crippen LogP) is 3.46. The molecule has 0 aliphatic rings. The molecule has 0 spiro atoms. The van der Waals surface area contributed by atoms with Crippen molar-refractivity contribution in [1.82, 2.24) is 18.3 Å². The fraction of sp³-hybridized carbons (Fsp3) is 0.0833. The molecule has 0 fully saturated rings. The van der Waals surface area contributed by atoms with Crippen molar-refractivity contribution in [3.63, 3.8) is 0 Å². The van der Waals surface area contributed by atoms with E-state index in [0.29, 0.717) is 18.3 Å². The molecule has 0 amide bonds. The minimum Gasteiger partial charge on any atom is -0.858 e. The van der Waals surface area contributed by atoms with Gasteiger partial charge < -0.3 is 19.3 Å². The van der Waals surface area contributed by atoms with Crippen molar-refractivity contribution in [2.24, 2.45) is 38.5 Å². The van der Waals surface area contributed by atoms with Crippen LogP contribution in [0.1, 0.15) is 0 Å². The minimum atomic E-state index is -0.969. The van der Waals surface area contributed by atoms with Gasteiger partial charge in [-0.2, -0.15) is 0 Å². The Morgan fingerprint density at radius 1 is 0.354 bits per heavy atom. The maximum Gasteiger partial charge on any atom is 2.00 e. The van der Waals surface area contributed by atoms with E-state index in [1.54, 1.807) is 0 Å². The third kappa shape index (κ3) is 12.6. The average molecular weight is 998 g/mol. The summed E-state index contributed by atoms with van der Waals surface area (Å²) in [6, 6.07) is 65.0. The molecule has 14 nitrogen and oxygen atoms in total. The number of benzene rings is 6. The van der Waals surface area contributed by atoms with Crippen LogP contribution in [0.3, 0.4) is 0 Å². The second-order valence-corrected chi connectivity index (χ2v) is 18.8. The van der Waals surface area contributed by atoms with Crippen molar-refractivity contribution in [2.75, 3.05) is 0 Å². The molecule has 0 bridgehead atoms. The Bertz CT molecular complexity index is 2640. The van der Waals surface area contributed by atoms with Crippen LogP contribution in [-0.4, -0.2) is 18.3 Å². The zero-order chi connectivity index (χ0) is 46.2. The molecule has 0 aliphatic carbocycles. The van der Waals surface area contributed by atoms with Gasteiger partial charge in [0, 0.05) is 40.0 Å². The molecule has 0 N–H and O–H groups in total. The van der Waals surface area contributed by atoms with E-state index in [4.69, 9.17) is 0 Å². The number of nitroso groups, excluding NO2 is 2. The number of rotatable bonds is 8. The molecule has 0 aliphatic heterocycles. The molecule has 65 heavy (non-hydrogen) atoms. The van der Waals surface area contributed by atoms with E-state index in [1.165, 1.54) is 60.0 Å². The average Bonchev–Trinajstić information content (AvgIpc) is 3.35. The Hall–Kier alpha value is -7.04. The second-order valence-electron chi connectivity index (χ2n) is 13.8. The number of aromatic nitrogens is 4. The van der Waals surface area contributed by atoms with Gasteiger partial charge in [-0.1, -0.05) is 109 Å². The summed E-state index contributed by atoms with van der Waals surface area (Å²) in [5, 5.41) is 35.3. The van der Waals surface area contributed by atoms with Crippen LogP contribution < -0.4 is 64.5 Å². The topological polar surface area (TPSA) is 193 Å². The smallest absolute Gasteiger partial charge is 0.858 e. The predicted molar refractivity (Wildman–Crippen MR) is 257 cm³/mol. The fourth-order valence-corrected chi connectivity index (χ4v) is 11.6. The Kier molecular flexibility index (Phi) is 19.2. The molecule has 8 rings (SSSR count). The molecule has 0 atom stereocenters. The van der Waals surface area contributed by atoms with Gasteiger partial charge in [0.05, 0.1) is 15.8 Å². The zero-order valence-electron chi connectivity index (χ0n) is 35.6. The molecule has 0 unspecified atom stereocenters. The van der Waals surface area contributed by atoms with E-state index in [2.05, 4.69) is 192 Å². The minimum absolute atomic E-state index is 0. The second kappa shape index (κ2) is 24.7. The van der Waals surface area contributed by atoms with Crippen LogP contribution in [0.4, 0.5) is 11.4 Å². The Balaban J connectivity index is 0.000000192. The number of hydrogen-bond acceptors (Lipinski definition) is 10. The van der Waals surface area contributed by atoms with Gasteiger partial charge in [0.2, 0.25) is 0 Å². The van der Waals surface area contributed by atoms with E-state index in [0.717, 1.165) is 0 Å². The fourth-order valence-electron chi connectivity index (χ4n) is 6.40. The van der Waals surface area contributed by atoms with Crippen LogP contribution in [0.5, 0.6) is 11.8 Å². The van der Waals surface area contributed by atoms with E-state index < -0.39 is 61.5 Å². The van der Waals surface area contributed by atoms with Crippen LogP contribution in [0.25, 0.3) is 0 Å². The first kappa shape index (κ1) is 50.6. The van der Waals surface area contributed by atoms with E-state index >= 15 is 0 Å². The molecule has 2 aromatic heterocycles. The van der Waals surface area contributed by atoms with Gasteiger partial charge in [-0.25, -0.2) is 9.59 Å². The normalized spacial score (nSPS) is 10.2. The van der Waals surface area contributed by atoms with E-state index in [-0.39, 0.29) is 19.5 Å². The van der Waals surface area contributed by atoms with E-state index in [9.17, 15) is 39.2 Å². The molecule has 6 aromatic carbocycles. The summed E-state index contributed by atoms with van der Waals surface area (Å²) in [7, 11) is 2.91. The van der Waals surface area contributed by atoms with Crippen LogP contribution in [0.15, 0.2) is 212 Å². The summed E-state index contributed by atoms with van der Waals surface area (Å²) in [5.74, 6) is -1.94. The zero-order valence-corrected chi connectivity index (χ0v) is 39.2. The van der Waals surface area contributed by atoms with Crippen LogP contribution in [0, 0.1) is 9.81 Å². The summed E-state index contributed by atoms with van der Waals surface area (Å²) in [5.41, 5.74) is -5.04. The molecular weight excluding hydrogens is 953 g/mol. The van der Waals surface area contributed by atoms with E-state index in [1.807, 2.05) is 0 Å². The standard InChI is InChI=1S/2C18H15P.2C6H7N3O4.Rh/c2*1-4-10-16(11-5-1)19(17-12-6-2-7-13-17)18-14-8-3-9-15-18;2*1-8-4(10)3(7-13)5(11)9(2)6(8)12;/h2*1-15H;2*10H,1-2H3;/q;;;;+2. The quantitative estimate of drug-likeness (QED) is 0.126. The van der Waals surface area contributed by atoms with Gasteiger partial charge in [-0.15, -0.1) is 9.81 Å². The molecular formula is C48H44N6O8P2Rh+2. The summed E-state index contributed by atoms with van der Waals surface area (Å²) in [6.45, 7) is 0. The van der Waals surface area contributed by atoms with Crippen molar-refractivity contribution in [2.45, 2.75) is 0 Å². The number of nitrogens with zero attached hydrogens (tertiary/aromatic N) is 6. The summed E-state index contributed by atoms with van der Waals surface area (Å²) < 4.78 is 2.60.